The van der Waals surface area contributed by atoms with Crippen LogP contribution in [0, 0.1) is 5.92 Å². The maximum absolute atomic E-state index is 13.0. The van der Waals surface area contributed by atoms with E-state index in [0.29, 0.717) is 24.4 Å². The summed E-state index contributed by atoms with van der Waals surface area (Å²) in [5.74, 6) is 0.905. The molecule has 1 aliphatic heterocycles. The SMILES string of the molecule is COc1cccc(-c2cccc(C(=O)N3CCC[C@H](CCC(N)=O)C3)c2)c1. The van der Waals surface area contributed by atoms with Crippen molar-refractivity contribution in [2.45, 2.75) is 25.7 Å². The first-order valence-electron chi connectivity index (χ1n) is 9.39. The first kappa shape index (κ1) is 19.0. The van der Waals surface area contributed by atoms with E-state index < -0.39 is 0 Å². The van der Waals surface area contributed by atoms with Crippen molar-refractivity contribution in [2.75, 3.05) is 20.2 Å². The van der Waals surface area contributed by atoms with Gasteiger partial charge in [-0.1, -0.05) is 24.3 Å². The molecule has 2 aromatic rings. The summed E-state index contributed by atoms with van der Waals surface area (Å²) in [6.07, 6.45) is 3.15. The second-order valence-corrected chi connectivity index (χ2v) is 7.08. The molecular weight excluding hydrogens is 340 g/mol. The zero-order valence-electron chi connectivity index (χ0n) is 15.7. The van der Waals surface area contributed by atoms with Gasteiger partial charge in [0, 0.05) is 25.1 Å². The molecule has 0 aliphatic carbocycles. The molecule has 1 aliphatic rings. The van der Waals surface area contributed by atoms with Crippen molar-refractivity contribution in [1.29, 1.82) is 0 Å². The van der Waals surface area contributed by atoms with Crippen LogP contribution in [-0.4, -0.2) is 36.9 Å². The number of primary amides is 1. The molecule has 2 amide bonds. The lowest BCUT2D eigenvalue weighted by molar-refractivity contribution is -0.118. The van der Waals surface area contributed by atoms with E-state index in [9.17, 15) is 9.59 Å². The second kappa shape index (κ2) is 8.71. The monoisotopic (exact) mass is 366 g/mol. The van der Waals surface area contributed by atoms with Crippen molar-refractivity contribution in [3.63, 3.8) is 0 Å². The molecular formula is C22H26N2O3. The number of nitrogens with zero attached hydrogens (tertiary/aromatic N) is 1. The topological polar surface area (TPSA) is 72.6 Å². The highest BCUT2D eigenvalue weighted by Crippen LogP contribution is 2.26. The molecule has 0 saturated carbocycles. The van der Waals surface area contributed by atoms with E-state index in [2.05, 4.69) is 0 Å². The Labute approximate surface area is 160 Å². The van der Waals surface area contributed by atoms with Crippen molar-refractivity contribution in [3.05, 3.63) is 54.1 Å². The van der Waals surface area contributed by atoms with E-state index >= 15 is 0 Å². The molecule has 5 nitrogen and oxygen atoms in total. The summed E-state index contributed by atoms with van der Waals surface area (Å²) in [7, 11) is 1.64. The highest BCUT2D eigenvalue weighted by atomic mass is 16.5. The Kier molecular flexibility index (Phi) is 6.12. The number of carbonyl (C=O) groups excluding carboxylic acids is 2. The quantitative estimate of drug-likeness (QED) is 0.851. The smallest absolute Gasteiger partial charge is 0.253 e. The third-order valence-electron chi connectivity index (χ3n) is 5.12. The number of rotatable bonds is 6. The zero-order valence-corrected chi connectivity index (χ0v) is 15.7. The summed E-state index contributed by atoms with van der Waals surface area (Å²) in [5, 5.41) is 0. The number of nitrogens with two attached hydrogens (primary N) is 1. The molecule has 27 heavy (non-hydrogen) atoms. The van der Waals surface area contributed by atoms with Crippen LogP contribution in [0.4, 0.5) is 0 Å². The molecule has 1 atom stereocenters. The molecule has 5 heteroatoms. The van der Waals surface area contributed by atoms with Crippen LogP contribution < -0.4 is 10.5 Å². The van der Waals surface area contributed by atoms with Gasteiger partial charge in [0.05, 0.1) is 7.11 Å². The van der Waals surface area contributed by atoms with Crippen LogP contribution in [0.2, 0.25) is 0 Å². The van der Waals surface area contributed by atoms with Crippen molar-refractivity contribution >= 4 is 11.8 Å². The number of carbonyl (C=O) groups is 2. The number of ether oxygens (including phenoxy) is 1. The summed E-state index contributed by atoms with van der Waals surface area (Å²) < 4.78 is 5.29. The van der Waals surface area contributed by atoms with Gasteiger partial charge in [0.25, 0.3) is 5.91 Å². The summed E-state index contributed by atoms with van der Waals surface area (Å²) in [4.78, 5) is 25.9. The molecule has 0 spiro atoms. The molecule has 142 valence electrons. The average molecular weight is 366 g/mol. The highest BCUT2D eigenvalue weighted by molar-refractivity contribution is 5.95. The number of benzene rings is 2. The number of methoxy groups -OCH3 is 1. The summed E-state index contributed by atoms with van der Waals surface area (Å²) in [6, 6.07) is 15.5. The maximum atomic E-state index is 13.0. The van der Waals surface area contributed by atoms with Gasteiger partial charge in [-0.05, 0) is 60.6 Å². The van der Waals surface area contributed by atoms with Crippen molar-refractivity contribution < 1.29 is 14.3 Å². The van der Waals surface area contributed by atoms with E-state index in [4.69, 9.17) is 10.5 Å². The first-order valence-corrected chi connectivity index (χ1v) is 9.39. The summed E-state index contributed by atoms with van der Waals surface area (Å²) in [6.45, 7) is 1.45. The highest BCUT2D eigenvalue weighted by Gasteiger charge is 2.24. The molecule has 1 saturated heterocycles. The number of piperidine rings is 1. The minimum atomic E-state index is -0.274. The lowest BCUT2D eigenvalue weighted by Gasteiger charge is -2.32. The van der Waals surface area contributed by atoms with Crippen LogP contribution in [0.1, 0.15) is 36.0 Å². The van der Waals surface area contributed by atoms with Crippen LogP contribution in [-0.2, 0) is 4.79 Å². The van der Waals surface area contributed by atoms with Crippen LogP contribution in [0.3, 0.4) is 0 Å². The lowest BCUT2D eigenvalue weighted by atomic mass is 9.92. The van der Waals surface area contributed by atoms with Gasteiger partial charge in [0.2, 0.25) is 5.91 Å². The van der Waals surface area contributed by atoms with Crippen molar-refractivity contribution in [1.82, 2.24) is 4.90 Å². The van der Waals surface area contributed by atoms with Crippen molar-refractivity contribution in [3.8, 4) is 16.9 Å². The van der Waals surface area contributed by atoms with Gasteiger partial charge in [-0.25, -0.2) is 0 Å². The van der Waals surface area contributed by atoms with Crippen LogP contribution >= 0.6 is 0 Å². The van der Waals surface area contributed by atoms with Gasteiger partial charge in [-0.3, -0.25) is 9.59 Å². The average Bonchev–Trinajstić information content (AvgIpc) is 2.72. The van der Waals surface area contributed by atoms with Gasteiger partial charge in [0.1, 0.15) is 5.75 Å². The van der Waals surface area contributed by atoms with E-state index in [0.717, 1.165) is 42.7 Å². The third-order valence-corrected chi connectivity index (χ3v) is 5.12. The number of amides is 2. The Hall–Kier alpha value is -2.82. The largest absolute Gasteiger partial charge is 0.497 e. The molecule has 1 heterocycles. The minimum Gasteiger partial charge on any atom is -0.497 e. The fraction of sp³-hybridized carbons (Fsp3) is 0.364. The molecule has 3 rings (SSSR count). The summed E-state index contributed by atoms with van der Waals surface area (Å²) >= 11 is 0. The van der Waals surface area contributed by atoms with Crippen molar-refractivity contribution in [2.24, 2.45) is 11.7 Å². The van der Waals surface area contributed by atoms with Crippen LogP contribution in [0.15, 0.2) is 48.5 Å². The van der Waals surface area contributed by atoms with Crippen LogP contribution in [0.5, 0.6) is 5.75 Å². The molecule has 1 fully saturated rings. The van der Waals surface area contributed by atoms with Gasteiger partial charge in [-0.2, -0.15) is 0 Å². The fourth-order valence-electron chi connectivity index (χ4n) is 3.65. The zero-order chi connectivity index (χ0) is 19.2. The molecule has 0 unspecified atom stereocenters. The fourth-order valence-corrected chi connectivity index (χ4v) is 3.65. The lowest BCUT2D eigenvalue weighted by Crippen LogP contribution is -2.40. The normalized spacial score (nSPS) is 16.8. The second-order valence-electron chi connectivity index (χ2n) is 7.08. The Morgan fingerprint density at radius 2 is 1.89 bits per heavy atom. The standard InChI is InChI=1S/C22H26N2O3/c1-27-20-9-3-7-18(14-20)17-6-2-8-19(13-17)22(26)24-12-4-5-16(15-24)10-11-21(23)25/h2-3,6-9,13-14,16H,4-5,10-12,15H2,1H3,(H2,23,25)/t16-/m1/s1. The van der Waals surface area contributed by atoms with E-state index in [1.165, 1.54) is 0 Å². The summed E-state index contributed by atoms with van der Waals surface area (Å²) in [5.41, 5.74) is 7.95. The van der Waals surface area contributed by atoms with Gasteiger partial charge in [0.15, 0.2) is 0 Å². The van der Waals surface area contributed by atoms with Crippen LogP contribution in [0.25, 0.3) is 11.1 Å². The Bertz CT molecular complexity index is 819. The predicted molar refractivity (Wildman–Crippen MR) is 105 cm³/mol. The van der Waals surface area contributed by atoms with E-state index in [1.54, 1.807) is 7.11 Å². The molecule has 2 N–H and O–H groups in total. The third kappa shape index (κ3) is 4.88. The predicted octanol–water partition coefficient (Wildman–Crippen LogP) is 3.48. The number of hydrogen-bond donors (Lipinski definition) is 1. The molecule has 0 bridgehead atoms. The van der Waals surface area contributed by atoms with Gasteiger partial charge >= 0.3 is 0 Å². The minimum absolute atomic E-state index is 0.0449. The Balaban J connectivity index is 1.74. The molecule has 2 aromatic carbocycles. The van der Waals surface area contributed by atoms with Gasteiger partial charge < -0.3 is 15.4 Å². The molecule has 0 radical (unpaired) electrons. The Morgan fingerprint density at radius 3 is 2.63 bits per heavy atom. The van der Waals surface area contributed by atoms with Gasteiger partial charge in [-0.15, -0.1) is 0 Å². The number of hydrogen-bond acceptors (Lipinski definition) is 3. The van der Waals surface area contributed by atoms with E-state index in [1.807, 2.05) is 53.4 Å². The van der Waals surface area contributed by atoms with E-state index in [-0.39, 0.29) is 11.8 Å². The molecule has 0 aromatic heterocycles. The number of likely N-dealkylation sites (tertiary alicyclic amines) is 1. The maximum Gasteiger partial charge on any atom is 0.253 e. The Morgan fingerprint density at radius 1 is 1.15 bits per heavy atom. The first-order chi connectivity index (χ1) is 13.1.